The molecule has 5 heteroatoms. The predicted molar refractivity (Wildman–Crippen MR) is 65.8 cm³/mol. The van der Waals surface area contributed by atoms with Gasteiger partial charge in [-0.05, 0) is 25.2 Å². The van der Waals surface area contributed by atoms with Crippen LogP contribution in [-0.2, 0) is 4.79 Å². The predicted octanol–water partition coefficient (Wildman–Crippen LogP) is -0.138. The summed E-state index contributed by atoms with van der Waals surface area (Å²) >= 11 is 0. The summed E-state index contributed by atoms with van der Waals surface area (Å²) in [6, 6.07) is 1.13. The van der Waals surface area contributed by atoms with Crippen molar-refractivity contribution in [3.63, 3.8) is 0 Å². The van der Waals surface area contributed by atoms with Crippen molar-refractivity contribution in [3.05, 3.63) is 0 Å². The minimum absolute atomic E-state index is 0.268. The Balaban J connectivity index is 1.85. The summed E-state index contributed by atoms with van der Waals surface area (Å²) in [5, 5.41) is 12.5. The van der Waals surface area contributed by atoms with E-state index < -0.39 is 5.97 Å². The van der Waals surface area contributed by atoms with Crippen LogP contribution in [0.25, 0.3) is 0 Å². The number of nitrogens with two attached hydrogens (primary N) is 1. The van der Waals surface area contributed by atoms with Crippen molar-refractivity contribution in [2.75, 3.05) is 26.2 Å². The number of carboxylic acid groups (broad SMARTS) is 1. The third-order valence-corrected chi connectivity index (χ3v) is 3.57. The number of rotatable bonds is 6. The van der Waals surface area contributed by atoms with Crippen LogP contribution in [0.2, 0.25) is 0 Å². The highest BCUT2D eigenvalue weighted by Gasteiger charge is 2.31. The highest BCUT2D eigenvalue weighted by Crippen LogP contribution is 2.25. The van der Waals surface area contributed by atoms with Crippen molar-refractivity contribution in [1.82, 2.24) is 10.2 Å². The van der Waals surface area contributed by atoms with E-state index in [2.05, 4.69) is 10.2 Å². The molecule has 1 aliphatic heterocycles. The monoisotopic (exact) mass is 241 g/mol. The Bertz CT molecular complexity index is 268. The van der Waals surface area contributed by atoms with E-state index >= 15 is 0 Å². The van der Waals surface area contributed by atoms with E-state index in [1.807, 2.05) is 0 Å². The molecule has 0 radical (unpaired) electrons. The van der Waals surface area contributed by atoms with E-state index in [1.54, 1.807) is 0 Å². The van der Waals surface area contributed by atoms with Crippen molar-refractivity contribution in [2.45, 2.75) is 37.8 Å². The van der Waals surface area contributed by atoms with Gasteiger partial charge in [-0.1, -0.05) is 0 Å². The van der Waals surface area contributed by atoms with Gasteiger partial charge in [0, 0.05) is 44.7 Å². The highest BCUT2D eigenvalue weighted by molar-refractivity contribution is 5.67. The van der Waals surface area contributed by atoms with Gasteiger partial charge in [-0.25, -0.2) is 0 Å². The lowest BCUT2D eigenvalue weighted by Crippen LogP contribution is -2.51. The normalized spacial score (nSPS) is 30.4. The zero-order valence-electron chi connectivity index (χ0n) is 10.3. The van der Waals surface area contributed by atoms with Gasteiger partial charge >= 0.3 is 5.97 Å². The number of nitrogens with zero attached hydrogens (tertiary/aromatic N) is 1. The Morgan fingerprint density at radius 3 is 2.71 bits per heavy atom. The number of hydrogen-bond acceptors (Lipinski definition) is 4. The van der Waals surface area contributed by atoms with Gasteiger partial charge in [-0.3, -0.25) is 4.79 Å². The van der Waals surface area contributed by atoms with Gasteiger partial charge in [0.15, 0.2) is 0 Å². The van der Waals surface area contributed by atoms with Gasteiger partial charge in [0.05, 0.1) is 0 Å². The summed E-state index contributed by atoms with van der Waals surface area (Å²) in [7, 11) is 0. The first-order valence-corrected chi connectivity index (χ1v) is 6.57. The SMILES string of the molecule is NCCN1CC(CC(=O)O)CC(NC2CC2)C1. The first-order valence-electron chi connectivity index (χ1n) is 6.57. The van der Waals surface area contributed by atoms with Crippen molar-refractivity contribution in [3.8, 4) is 0 Å². The molecule has 2 atom stereocenters. The summed E-state index contributed by atoms with van der Waals surface area (Å²) in [4.78, 5) is 13.1. The van der Waals surface area contributed by atoms with Gasteiger partial charge in [-0.2, -0.15) is 0 Å². The molecule has 0 spiro atoms. The second-order valence-electron chi connectivity index (χ2n) is 5.39. The third kappa shape index (κ3) is 4.26. The molecule has 2 rings (SSSR count). The Hall–Kier alpha value is -0.650. The molecule has 5 nitrogen and oxygen atoms in total. The van der Waals surface area contributed by atoms with E-state index in [9.17, 15) is 4.79 Å². The number of nitrogens with one attached hydrogen (secondary N) is 1. The van der Waals surface area contributed by atoms with Gasteiger partial charge < -0.3 is 21.1 Å². The molecule has 0 aromatic rings. The van der Waals surface area contributed by atoms with Crippen LogP contribution in [0, 0.1) is 5.92 Å². The van der Waals surface area contributed by atoms with Crippen LogP contribution in [0.1, 0.15) is 25.7 Å². The molecule has 17 heavy (non-hydrogen) atoms. The van der Waals surface area contributed by atoms with Crippen molar-refractivity contribution in [1.29, 1.82) is 0 Å². The van der Waals surface area contributed by atoms with Crippen LogP contribution in [0.15, 0.2) is 0 Å². The molecule has 98 valence electrons. The second kappa shape index (κ2) is 5.80. The average molecular weight is 241 g/mol. The second-order valence-corrected chi connectivity index (χ2v) is 5.39. The molecule has 2 aliphatic rings. The van der Waals surface area contributed by atoms with E-state index in [0.29, 0.717) is 18.6 Å². The summed E-state index contributed by atoms with van der Waals surface area (Å²) in [5.74, 6) is -0.418. The molecular weight excluding hydrogens is 218 g/mol. The van der Waals surface area contributed by atoms with Crippen LogP contribution in [-0.4, -0.2) is 54.2 Å². The number of carbonyl (C=O) groups is 1. The average Bonchev–Trinajstić information content (AvgIpc) is 3.00. The minimum atomic E-state index is -0.685. The number of likely N-dealkylation sites (tertiary alicyclic amines) is 1. The Labute approximate surface area is 102 Å². The molecule has 0 aromatic carbocycles. The van der Waals surface area contributed by atoms with Crippen molar-refractivity contribution in [2.24, 2.45) is 11.7 Å². The lowest BCUT2D eigenvalue weighted by molar-refractivity contribution is -0.138. The van der Waals surface area contributed by atoms with Crippen molar-refractivity contribution >= 4 is 5.97 Å². The number of carboxylic acids is 1. The van der Waals surface area contributed by atoms with E-state index in [1.165, 1.54) is 12.8 Å². The van der Waals surface area contributed by atoms with Crippen LogP contribution in [0.3, 0.4) is 0 Å². The smallest absolute Gasteiger partial charge is 0.303 e. The van der Waals surface area contributed by atoms with Crippen LogP contribution in [0.4, 0.5) is 0 Å². The summed E-state index contributed by atoms with van der Waals surface area (Å²) < 4.78 is 0. The van der Waals surface area contributed by atoms with E-state index in [-0.39, 0.29) is 12.3 Å². The number of hydrogen-bond donors (Lipinski definition) is 3. The highest BCUT2D eigenvalue weighted by atomic mass is 16.4. The fraction of sp³-hybridized carbons (Fsp3) is 0.917. The lowest BCUT2D eigenvalue weighted by atomic mass is 9.91. The molecule has 0 amide bonds. The Kier molecular flexibility index (Phi) is 4.36. The molecule has 0 aromatic heterocycles. The topological polar surface area (TPSA) is 78.6 Å². The van der Waals surface area contributed by atoms with E-state index in [0.717, 1.165) is 26.1 Å². The minimum Gasteiger partial charge on any atom is -0.481 e. The standard InChI is InChI=1S/C12H23N3O2/c13-3-4-15-7-9(6-12(16)17)5-11(8-15)14-10-1-2-10/h9-11,14H,1-8,13H2,(H,16,17). The van der Waals surface area contributed by atoms with Crippen LogP contribution >= 0.6 is 0 Å². The zero-order valence-corrected chi connectivity index (χ0v) is 10.3. The third-order valence-electron chi connectivity index (χ3n) is 3.57. The van der Waals surface area contributed by atoms with Gasteiger partial charge in [-0.15, -0.1) is 0 Å². The summed E-state index contributed by atoms with van der Waals surface area (Å²) in [6.07, 6.45) is 3.82. The van der Waals surface area contributed by atoms with Gasteiger partial charge in [0.2, 0.25) is 0 Å². The number of aliphatic carboxylic acids is 1. The molecule has 0 bridgehead atoms. The maximum absolute atomic E-state index is 10.8. The molecular formula is C12H23N3O2. The molecule has 4 N–H and O–H groups in total. The molecule has 2 fully saturated rings. The lowest BCUT2D eigenvalue weighted by Gasteiger charge is -2.37. The largest absolute Gasteiger partial charge is 0.481 e. The van der Waals surface area contributed by atoms with Gasteiger partial charge in [0.25, 0.3) is 0 Å². The van der Waals surface area contributed by atoms with Crippen LogP contribution < -0.4 is 11.1 Å². The number of piperidine rings is 1. The Morgan fingerprint density at radius 1 is 1.35 bits per heavy atom. The molecule has 2 unspecified atom stereocenters. The van der Waals surface area contributed by atoms with E-state index in [4.69, 9.17) is 10.8 Å². The first-order chi connectivity index (χ1) is 8.17. The van der Waals surface area contributed by atoms with Crippen LogP contribution in [0.5, 0.6) is 0 Å². The summed E-state index contributed by atoms with van der Waals surface area (Å²) in [5.41, 5.74) is 5.59. The molecule has 1 aliphatic carbocycles. The molecule has 1 saturated carbocycles. The maximum Gasteiger partial charge on any atom is 0.303 e. The van der Waals surface area contributed by atoms with Crippen molar-refractivity contribution < 1.29 is 9.90 Å². The Morgan fingerprint density at radius 2 is 2.12 bits per heavy atom. The van der Waals surface area contributed by atoms with Gasteiger partial charge in [0.1, 0.15) is 0 Å². The quantitative estimate of drug-likeness (QED) is 0.603. The summed E-state index contributed by atoms with van der Waals surface area (Å²) in [6.45, 7) is 3.42. The first kappa shape index (κ1) is 12.8. The fourth-order valence-electron chi connectivity index (χ4n) is 2.77. The molecule has 1 saturated heterocycles. The molecule has 1 heterocycles. The fourth-order valence-corrected chi connectivity index (χ4v) is 2.77. The maximum atomic E-state index is 10.8. The zero-order chi connectivity index (χ0) is 12.3.